The van der Waals surface area contributed by atoms with Gasteiger partial charge in [0.15, 0.2) is 0 Å². The summed E-state index contributed by atoms with van der Waals surface area (Å²) in [5, 5.41) is 4.51. The number of sulfonamides is 1. The average molecular weight is 383 g/mol. The number of halogens is 3. The maximum absolute atomic E-state index is 12.2. The number of nitrogens with zero attached hydrogens (tertiary/aromatic N) is 2. The van der Waals surface area contributed by atoms with E-state index in [1.165, 1.54) is 12.1 Å². The van der Waals surface area contributed by atoms with Crippen LogP contribution in [0.4, 0.5) is 0 Å². The van der Waals surface area contributed by atoms with Crippen LogP contribution in [-0.4, -0.2) is 24.7 Å². The first-order chi connectivity index (χ1) is 10.3. The molecule has 1 aromatic heterocycles. The Hall–Kier alpha value is -0.790. The van der Waals surface area contributed by atoms with Crippen LogP contribution in [0.1, 0.15) is 12.0 Å². The lowest BCUT2D eigenvalue weighted by Crippen LogP contribution is -2.26. The highest BCUT2D eigenvalue weighted by Crippen LogP contribution is 2.31. The molecule has 0 saturated heterocycles. The number of hydrogen-bond donors (Lipinski definition) is 1. The van der Waals surface area contributed by atoms with Crippen LogP contribution in [0.5, 0.6) is 0 Å². The lowest BCUT2D eigenvalue weighted by Gasteiger charge is -2.09. The maximum Gasteiger partial charge on any atom is 0.242 e. The summed E-state index contributed by atoms with van der Waals surface area (Å²) in [6, 6.07) is 2.55. The van der Waals surface area contributed by atoms with Gasteiger partial charge in [0.1, 0.15) is 4.90 Å². The van der Waals surface area contributed by atoms with E-state index in [1.54, 1.807) is 10.9 Å². The quantitative estimate of drug-likeness (QED) is 0.614. The van der Waals surface area contributed by atoms with Gasteiger partial charge in [0.2, 0.25) is 10.0 Å². The zero-order valence-corrected chi connectivity index (χ0v) is 14.8. The predicted octanol–water partition coefficient (Wildman–Crippen LogP) is 3.52. The number of aryl methyl sites for hydroxylation is 2. The summed E-state index contributed by atoms with van der Waals surface area (Å²) < 4.78 is 28.7. The molecule has 0 spiro atoms. The second kappa shape index (κ2) is 7.19. The van der Waals surface area contributed by atoms with Gasteiger partial charge in [0.25, 0.3) is 0 Å². The van der Waals surface area contributed by atoms with Crippen molar-refractivity contribution in [3.8, 4) is 0 Å². The van der Waals surface area contributed by atoms with Crippen LogP contribution in [-0.2, 0) is 16.6 Å². The van der Waals surface area contributed by atoms with E-state index in [4.69, 9.17) is 34.8 Å². The Morgan fingerprint density at radius 3 is 2.50 bits per heavy atom. The molecule has 1 aromatic carbocycles. The lowest BCUT2D eigenvalue weighted by molar-refractivity contribution is 0.553. The van der Waals surface area contributed by atoms with Crippen LogP contribution in [0.25, 0.3) is 0 Å². The molecule has 0 unspecified atom stereocenters. The van der Waals surface area contributed by atoms with Crippen LogP contribution in [0.15, 0.2) is 29.4 Å². The van der Waals surface area contributed by atoms with Gasteiger partial charge in [-0.3, -0.25) is 4.68 Å². The molecule has 0 atom stereocenters. The molecule has 0 radical (unpaired) electrons. The van der Waals surface area contributed by atoms with Gasteiger partial charge in [-0.25, -0.2) is 13.1 Å². The number of aromatic nitrogens is 2. The number of rotatable bonds is 6. The summed E-state index contributed by atoms with van der Waals surface area (Å²) in [5.41, 5.74) is 1.06. The van der Waals surface area contributed by atoms with E-state index in [0.29, 0.717) is 13.0 Å². The van der Waals surface area contributed by atoms with Crippen LogP contribution in [0.3, 0.4) is 0 Å². The summed E-state index contributed by atoms with van der Waals surface area (Å²) in [6.45, 7) is 2.82. The van der Waals surface area contributed by atoms with Crippen molar-refractivity contribution >= 4 is 44.8 Å². The summed E-state index contributed by atoms with van der Waals surface area (Å²) in [6.07, 6.45) is 4.24. The average Bonchev–Trinajstić information content (AvgIpc) is 2.84. The summed E-state index contributed by atoms with van der Waals surface area (Å²) in [4.78, 5) is -0.0847. The van der Waals surface area contributed by atoms with Crippen molar-refractivity contribution in [2.45, 2.75) is 24.8 Å². The molecular formula is C13H14Cl3N3O2S. The summed E-state index contributed by atoms with van der Waals surface area (Å²) in [7, 11) is -3.73. The van der Waals surface area contributed by atoms with Crippen molar-refractivity contribution in [2.75, 3.05) is 6.54 Å². The van der Waals surface area contributed by atoms with Gasteiger partial charge in [0.05, 0.1) is 21.3 Å². The standard InChI is InChI=1S/C13H14Cl3N3O2S/c1-9-7-17-19(8-9)4-2-3-18-22(20,21)13-6-11(15)10(14)5-12(13)16/h5-8,18H,2-4H2,1H3. The Kier molecular flexibility index (Phi) is 5.74. The van der Waals surface area contributed by atoms with Gasteiger partial charge >= 0.3 is 0 Å². The summed E-state index contributed by atoms with van der Waals surface area (Å²) in [5.74, 6) is 0. The van der Waals surface area contributed by atoms with Crippen molar-refractivity contribution in [2.24, 2.45) is 0 Å². The van der Waals surface area contributed by atoms with E-state index >= 15 is 0 Å². The fourth-order valence-corrected chi connectivity index (χ4v) is 3.90. The molecule has 2 aromatic rings. The second-order valence-corrected chi connectivity index (χ2v) is 7.69. The Balaban J connectivity index is 1.98. The predicted molar refractivity (Wildman–Crippen MR) is 88.2 cm³/mol. The molecule has 120 valence electrons. The third kappa shape index (κ3) is 4.36. The van der Waals surface area contributed by atoms with Gasteiger partial charge in [0, 0.05) is 19.3 Å². The molecule has 1 N–H and O–H groups in total. The number of nitrogens with one attached hydrogen (secondary N) is 1. The van der Waals surface area contributed by atoms with Gasteiger partial charge in [-0.1, -0.05) is 34.8 Å². The van der Waals surface area contributed by atoms with E-state index < -0.39 is 10.0 Å². The molecule has 0 saturated carbocycles. The molecule has 0 bridgehead atoms. The van der Waals surface area contributed by atoms with Crippen molar-refractivity contribution < 1.29 is 8.42 Å². The fraction of sp³-hybridized carbons (Fsp3) is 0.308. The minimum atomic E-state index is -3.73. The van der Waals surface area contributed by atoms with Crippen LogP contribution in [0, 0.1) is 6.92 Å². The lowest BCUT2D eigenvalue weighted by atomic mass is 10.4. The Morgan fingerprint density at radius 1 is 1.18 bits per heavy atom. The van der Waals surface area contributed by atoms with Crippen molar-refractivity contribution in [3.63, 3.8) is 0 Å². The molecule has 0 aliphatic heterocycles. The summed E-state index contributed by atoms with van der Waals surface area (Å²) >= 11 is 17.6. The molecule has 0 aliphatic carbocycles. The number of hydrogen-bond acceptors (Lipinski definition) is 3. The zero-order valence-electron chi connectivity index (χ0n) is 11.7. The van der Waals surface area contributed by atoms with Crippen LogP contribution < -0.4 is 4.72 Å². The molecule has 22 heavy (non-hydrogen) atoms. The smallest absolute Gasteiger partial charge is 0.242 e. The first-order valence-electron chi connectivity index (χ1n) is 6.43. The van der Waals surface area contributed by atoms with Gasteiger partial charge in [-0.15, -0.1) is 0 Å². The molecule has 0 aliphatic rings. The van der Waals surface area contributed by atoms with Crippen molar-refractivity contribution in [3.05, 3.63) is 45.2 Å². The highest BCUT2D eigenvalue weighted by atomic mass is 35.5. The van der Waals surface area contributed by atoms with Crippen molar-refractivity contribution in [1.29, 1.82) is 0 Å². The van der Waals surface area contributed by atoms with Gasteiger partial charge in [-0.2, -0.15) is 5.10 Å². The monoisotopic (exact) mass is 381 g/mol. The van der Waals surface area contributed by atoms with E-state index in [2.05, 4.69) is 9.82 Å². The first kappa shape index (κ1) is 17.6. The normalized spacial score (nSPS) is 11.8. The Labute approximate surface area is 144 Å². The molecular weight excluding hydrogens is 369 g/mol. The molecule has 1 heterocycles. The van der Waals surface area contributed by atoms with Gasteiger partial charge in [-0.05, 0) is 31.0 Å². The van der Waals surface area contributed by atoms with Crippen molar-refractivity contribution in [1.82, 2.24) is 14.5 Å². The first-order valence-corrected chi connectivity index (χ1v) is 9.04. The van der Waals surface area contributed by atoms with Gasteiger partial charge < -0.3 is 0 Å². The largest absolute Gasteiger partial charge is 0.272 e. The fourth-order valence-electron chi connectivity index (χ4n) is 1.82. The van der Waals surface area contributed by atoms with Crippen LogP contribution in [0.2, 0.25) is 15.1 Å². The number of benzene rings is 1. The highest BCUT2D eigenvalue weighted by molar-refractivity contribution is 7.89. The van der Waals surface area contributed by atoms with E-state index in [-0.39, 0.29) is 26.5 Å². The Morgan fingerprint density at radius 2 is 1.86 bits per heavy atom. The molecule has 9 heteroatoms. The Bertz CT molecular complexity index is 775. The minimum absolute atomic E-state index is 0.0320. The molecule has 0 fully saturated rings. The van der Waals surface area contributed by atoms with Crippen LogP contribution >= 0.6 is 34.8 Å². The second-order valence-electron chi connectivity index (χ2n) is 4.73. The highest BCUT2D eigenvalue weighted by Gasteiger charge is 2.19. The molecule has 2 rings (SSSR count). The third-order valence-corrected chi connectivity index (χ3v) is 5.53. The maximum atomic E-state index is 12.2. The van der Waals surface area contributed by atoms with E-state index in [9.17, 15) is 8.42 Å². The topological polar surface area (TPSA) is 64.0 Å². The molecule has 0 amide bonds. The third-order valence-electron chi connectivity index (χ3n) is 2.88. The van der Waals surface area contributed by atoms with E-state index in [0.717, 1.165) is 5.56 Å². The van der Waals surface area contributed by atoms with E-state index in [1.807, 2.05) is 13.1 Å². The minimum Gasteiger partial charge on any atom is -0.272 e. The molecule has 5 nitrogen and oxygen atoms in total. The zero-order chi connectivity index (χ0) is 16.3. The SMILES string of the molecule is Cc1cnn(CCCNS(=O)(=O)c2cc(Cl)c(Cl)cc2Cl)c1.